The van der Waals surface area contributed by atoms with Crippen molar-refractivity contribution in [3.63, 3.8) is 0 Å². The second kappa shape index (κ2) is 5.52. The first-order valence-electron chi connectivity index (χ1n) is 6.70. The maximum absolute atomic E-state index is 12.3. The molecule has 1 atom stereocenters. The van der Waals surface area contributed by atoms with Gasteiger partial charge in [-0.2, -0.15) is 0 Å². The van der Waals surface area contributed by atoms with Gasteiger partial charge in [-0.05, 0) is 18.8 Å². The van der Waals surface area contributed by atoms with Crippen LogP contribution in [0.1, 0.15) is 32.6 Å². The van der Waals surface area contributed by atoms with Crippen molar-refractivity contribution in [2.24, 2.45) is 11.8 Å². The Bertz CT molecular complexity index is 279. The van der Waals surface area contributed by atoms with Crippen LogP contribution in [0.2, 0.25) is 0 Å². The first-order chi connectivity index (χ1) is 8.22. The smallest absolute Gasteiger partial charge is 0.225 e. The summed E-state index contributed by atoms with van der Waals surface area (Å²) in [5.74, 6) is 1.05. The minimum atomic E-state index is 0.167. The molecule has 0 aromatic rings. The highest BCUT2D eigenvalue weighted by Crippen LogP contribution is 2.32. The van der Waals surface area contributed by atoms with Gasteiger partial charge in [-0.1, -0.05) is 19.8 Å². The summed E-state index contributed by atoms with van der Waals surface area (Å²) in [6.07, 6.45) is 5.85. The second-order valence-electron chi connectivity index (χ2n) is 5.30. The monoisotopic (exact) mass is 238 g/mol. The molecule has 1 aliphatic carbocycles. The molecule has 2 rings (SSSR count). The van der Waals surface area contributed by atoms with Crippen LogP contribution < -0.4 is 0 Å². The van der Waals surface area contributed by atoms with E-state index in [1.54, 1.807) is 4.90 Å². The fraction of sp³-hybridized carbons (Fsp3) is 0.846. The van der Waals surface area contributed by atoms with Crippen LogP contribution in [0.25, 0.3) is 0 Å². The van der Waals surface area contributed by atoms with Crippen LogP contribution in [0.5, 0.6) is 0 Å². The minimum Gasteiger partial charge on any atom is -0.342 e. The van der Waals surface area contributed by atoms with Gasteiger partial charge in [0.15, 0.2) is 0 Å². The molecule has 4 heteroatoms. The molecule has 1 unspecified atom stereocenters. The molecule has 2 amide bonds. The Morgan fingerprint density at radius 2 is 1.76 bits per heavy atom. The van der Waals surface area contributed by atoms with Crippen molar-refractivity contribution in [2.45, 2.75) is 32.6 Å². The lowest BCUT2D eigenvalue weighted by atomic mass is 9.91. The molecule has 1 aliphatic heterocycles. The summed E-state index contributed by atoms with van der Waals surface area (Å²) in [6.45, 7) is 4.85. The van der Waals surface area contributed by atoms with E-state index in [2.05, 4.69) is 6.92 Å². The minimum absolute atomic E-state index is 0.167. The number of rotatable bonds is 3. The molecule has 2 aliphatic rings. The number of carbonyl (C=O) groups excluding carboxylic acids is 2. The van der Waals surface area contributed by atoms with Gasteiger partial charge in [0.2, 0.25) is 12.3 Å². The van der Waals surface area contributed by atoms with E-state index in [1.807, 2.05) is 4.90 Å². The Morgan fingerprint density at radius 3 is 2.29 bits per heavy atom. The van der Waals surface area contributed by atoms with E-state index in [4.69, 9.17) is 0 Å². The zero-order valence-electron chi connectivity index (χ0n) is 10.6. The molecule has 0 N–H and O–H groups in total. The summed E-state index contributed by atoms with van der Waals surface area (Å²) in [6, 6.07) is 0. The van der Waals surface area contributed by atoms with E-state index in [9.17, 15) is 9.59 Å². The predicted octanol–water partition coefficient (Wildman–Crippen LogP) is 1.11. The lowest BCUT2D eigenvalue weighted by molar-refractivity contribution is -0.140. The summed E-state index contributed by atoms with van der Waals surface area (Å²) in [7, 11) is 0. The lowest BCUT2D eigenvalue weighted by Crippen LogP contribution is -2.50. The van der Waals surface area contributed by atoms with E-state index in [0.29, 0.717) is 38.0 Å². The average Bonchev–Trinajstić information content (AvgIpc) is 2.91. The predicted molar refractivity (Wildman–Crippen MR) is 65.3 cm³/mol. The standard InChI is InChI=1S/C13H22N2O2/c1-11(12-4-2-3-5-12)13(17)15-8-6-14(10-16)7-9-15/h10-12H,2-9H2,1H3. The van der Waals surface area contributed by atoms with E-state index in [1.165, 1.54) is 25.7 Å². The van der Waals surface area contributed by atoms with E-state index in [0.717, 1.165) is 6.41 Å². The Hall–Kier alpha value is -1.06. The number of hydrogen-bond acceptors (Lipinski definition) is 2. The quantitative estimate of drug-likeness (QED) is 0.691. The largest absolute Gasteiger partial charge is 0.342 e. The second-order valence-corrected chi connectivity index (χ2v) is 5.30. The summed E-state index contributed by atoms with van der Waals surface area (Å²) in [5.41, 5.74) is 0. The molecular formula is C13H22N2O2. The van der Waals surface area contributed by atoms with Crippen molar-refractivity contribution < 1.29 is 9.59 Å². The first-order valence-corrected chi connectivity index (χ1v) is 6.70. The van der Waals surface area contributed by atoms with Gasteiger partial charge in [-0.15, -0.1) is 0 Å². The fourth-order valence-corrected chi connectivity index (χ4v) is 2.99. The van der Waals surface area contributed by atoms with E-state index < -0.39 is 0 Å². The van der Waals surface area contributed by atoms with Gasteiger partial charge in [0, 0.05) is 32.1 Å². The topological polar surface area (TPSA) is 40.6 Å². The van der Waals surface area contributed by atoms with Gasteiger partial charge in [-0.3, -0.25) is 9.59 Å². The van der Waals surface area contributed by atoms with Crippen LogP contribution in [-0.4, -0.2) is 48.3 Å². The van der Waals surface area contributed by atoms with Crippen LogP contribution in [-0.2, 0) is 9.59 Å². The van der Waals surface area contributed by atoms with Crippen LogP contribution in [0.4, 0.5) is 0 Å². The molecule has 96 valence electrons. The van der Waals surface area contributed by atoms with Crippen molar-refractivity contribution >= 4 is 12.3 Å². The average molecular weight is 238 g/mol. The fourth-order valence-electron chi connectivity index (χ4n) is 2.99. The zero-order chi connectivity index (χ0) is 12.3. The number of amides is 2. The third kappa shape index (κ3) is 2.79. The molecule has 0 radical (unpaired) electrons. The van der Waals surface area contributed by atoms with Gasteiger partial charge in [0.1, 0.15) is 0 Å². The van der Waals surface area contributed by atoms with Gasteiger partial charge in [0.05, 0.1) is 0 Å². The molecule has 0 aromatic carbocycles. The van der Waals surface area contributed by atoms with Gasteiger partial charge in [0.25, 0.3) is 0 Å². The molecular weight excluding hydrogens is 216 g/mol. The highest BCUT2D eigenvalue weighted by atomic mass is 16.2. The molecule has 1 saturated carbocycles. The third-order valence-corrected chi connectivity index (χ3v) is 4.27. The summed E-state index contributed by atoms with van der Waals surface area (Å²) < 4.78 is 0. The molecule has 0 bridgehead atoms. The Labute approximate surface area is 103 Å². The highest BCUT2D eigenvalue weighted by Gasteiger charge is 2.31. The number of nitrogens with zero attached hydrogens (tertiary/aromatic N) is 2. The summed E-state index contributed by atoms with van der Waals surface area (Å²) >= 11 is 0. The molecule has 4 nitrogen and oxygen atoms in total. The van der Waals surface area contributed by atoms with Gasteiger partial charge < -0.3 is 9.80 Å². The number of piperazine rings is 1. The van der Waals surface area contributed by atoms with Crippen LogP contribution in [0.3, 0.4) is 0 Å². The van der Waals surface area contributed by atoms with Crippen molar-refractivity contribution in [2.75, 3.05) is 26.2 Å². The Kier molecular flexibility index (Phi) is 4.02. The van der Waals surface area contributed by atoms with Crippen LogP contribution in [0, 0.1) is 11.8 Å². The van der Waals surface area contributed by atoms with Crippen LogP contribution in [0.15, 0.2) is 0 Å². The molecule has 1 heterocycles. The zero-order valence-corrected chi connectivity index (χ0v) is 10.6. The first kappa shape index (κ1) is 12.4. The molecule has 0 aromatic heterocycles. The van der Waals surface area contributed by atoms with Crippen LogP contribution >= 0.6 is 0 Å². The third-order valence-electron chi connectivity index (χ3n) is 4.27. The number of hydrogen-bond donors (Lipinski definition) is 0. The van der Waals surface area contributed by atoms with Gasteiger partial charge in [-0.25, -0.2) is 0 Å². The lowest BCUT2D eigenvalue weighted by Gasteiger charge is -2.35. The van der Waals surface area contributed by atoms with E-state index >= 15 is 0 Å². The van der Waals surface area contributed by atoms with Crippen molar-refractivity contribution in [1.82, 2.24) is 9.80 Å². The van der Waals surface area contributed by atoms with Crippen molar-refractivity contribution in [3.05, 3.63) is 0 Å². The maximum Gasteiger partial charge on any atom is 0.225 e. The van der Waals surface area contributed by atoms with Crippen molar-refractivity contribution in [1.29, 1.82) is 0 Å². The highest BCUT2D eigenvalue weighted by molar-refractivity contribution is 5.79. The summed E-state index contributed by atoms with van der Waals surface area (Å²) in [5, 5.41) is 0. The SMILES string of the molecule is CC(C(=O)N1CCN(C=O)CC1)C1CCCC1. The Morgan fingerprint density at radius 1 is 1.18 bits per heavy atom. The summed E-state index contributed by atoms with van der Waals surface area (Å²) in [4.78, 5) is 26.6. The molecule has 0 spiro atoms. The van der Waals surface area contributed by atoms with Gasteiger partial charge >= 0.3 is 0 Å². The maximum atomic E-state index is 12.3. The number of carbonyl (C=O) groups is 2. The Balaban J connectivity index is 1.85. The normalized spacial score (nSPS) is 23.8. The van der Waals surface area contributed by atoms with Crippen molar-refractivity contribution in [3.8, 4) is 0 Å². The molecule has 2 fully saturated rings. The van der Waals surface area contributed by atoms with E-state index in [-0.39, 0.29) is 5.92 Å². The molecule has 17 heavy (non-hydrogen) atoms. The molecule has 1 saturated heterocycles.